The van der Waals surface area contributed by atoms with Gasteiger partial charge in [-0.25, -0.2) is 4.79 Å². The molecule has 2 saturated carbocycles. The fraction of sp³-hybridized carbons (Fsp3) is 0.929. The molecule has 1 atom stereocenters. The van der Waals surface area contributed by atoms with E-state index in [-0.39, 0.29) is 5.97 Å². The van der Waals surface area contributed by atoms with Crippen LogP contribution in [0, 0.1) is 5.92 Å². The molecule has 0 bridgehead atoms. The van der Waals surface area contributed by atoms with Gasteiger partial charge in [0.2, 0.25) is 0 Å². The Bertz CT molecular complexity index is 300. The maximum absolute atomic E-state index is 12.4. The Balaban J connectivity index is 2.09. The van der Waals surface area contributed by atoms with E-state index in [4.69, 9.17) is 4.74 Å². The Morgan fingerprint density at radius 1 is 1.33 bits per heavy atom. The molecule has 0 aromatic heterocycles. The number of carbonyl (C=O) groups is 1. The topological polar surface area (TPSA) is 41.6 Å². The number of esters is 1. The van der Waals surface area contributed by atoms with Gasteiger partial charge in [-0.15, -0.1) is 0 Å². The van der Waals surface area contributed by atoms with Crippen LogP contribution in [0.1, 0.15) is 39.5 Å². The molecule has 0 aliphatic heterocycles. The minimum absolute atomic E-state index is 0.0538. The third kappa shape index (κ3) is 2.86. The fourth-order valence-electron chi connectivity index (χ4n) is 2.82. The third-order valence-electron chi connectivity index (χ3n) is 4.08. The standard InChI is InChI=1S/C14H26N2O2/c1-4-15-14(11-6-7-11,13(17)18-5-2)10-16(3)12-8-9-12/h11-12,15H,4-10H2,1-3H3. The van der Waals surface area contributed by atoms with E-state index >= 15 is 0 Å². The summed E-state index contributed by atoms with van der Waals surface area (Å²) in [5.74, 6) is 0.402. The molecule has 1 N–H and O–H groups in total. The number of rotatable bonds is 8. The van der Waals surface area contributed by atoms with Crippen LogP contribution in [0.3, 0.4) is 0 Å². The van der Waals surface area contributed by atoms with Crippen LogP contribution in [0.5, 0.6) is 0 Å². The number of ether oxygens (including phenoxy) is 1. The van der Waals surface area contributed by atoms with Gasteiger partial charge >= 0.3 is 5.97 Å². The zero-order valence-electron chi connectivity index (χ0n) is 11.9. The summed E-state index contributed by atoms with van der Waals surface area (Å²) in [6.45, 7) is 6.01. The summed E-state index contributed by atoms with van der Waals surface area (Å²) in [6.07, 6.45) is 4.83. The summed E-state index contributed by atoms with van der Waals surface area (Å²) in [4.78, 5) is 14.7. The van der Waals surface area contributed by atoms with Crippen LogP contribution >= 0.6 is 0 Å². The highest BCUT2D eigenvalue weighted by Gasteiger charge is 2.53. The molecule has 4 heteroatoms. The van der Waals surface area contributed by atoms with Crippen LogP contribution < -0.4 is 5.32 Å². The predicted molar refractivity (Wildman–Crippen MR) is 71.4 cm³/mol. The minimum Gasteiger partial charge on any atom is -0.465 e. The van der Waals surface area contributed by atoms with Gasteiger partial charge in [-0.2, -0.15) is 0 Å². The Labute approximate surface area is 110 Å². The molecular weight excluding hydrogens is 228 g/mol. The summed E-state index contributed by atoms with van der Waals surface area (Å²) in [7, 11) is 2.13. The molecule has 4 nitrogen and oxygen atoms in total. The number of hydrogen-bond acceptors (Lipinski definition) is 4. The van der Waals surface area contributed by atoms with Crippen molar-refractivity contribution in [2.45, 2.75) is 51.1 Å². The van der Waals surface area contributed by atoms with Gasteiger partial charge in [0.25, 0.3) is 0 Å². The molecule has 18 heavy (non-hydrogen) atoms. The molecule has 0 aromatic rings. The first-order valence-electron chi connectivity index (χ1n) is 7.26. The van der Waals surface area contributed by atoms with Crippen LogP contribution in [0.25, 0.3) is 0 Å². The van der Waals surface area contributed by atoms with Gasteiger partial charge < -0.3 is 15.0 Å². The smallest absolute Gasteiger partial charge is 0.327 e. The molecule has 0 spiro atoms. The van der Waals surface area contributed by atoms with Gasteiger partial charge in [-0.05, 0) is 52.1 Å². The first-order chi connectivity index (χ1) is 8.64. The molecule has 104 valence electrons. The average molecular weight is 254 g/mol. The van der Waals surface area contributed by atoms with E-state index in [1.165, 1.54) is 12.8 Å². The second kappa shape index (κ2) is 5.57. The Morgan fingerprint density at radius 3 is 2.44 bits per heavy atom. The highest BCUT2D eigenvalue weighted by molar-refractivity contribution is 5.82. The largest absolute Gasteiger partial charge is 0.465 e. The maximum atomic E-state index is 12.4. The molecule has 0 heterocycles. The van der Waals surface area contributed by atoms with E-state index in [0.717, 1.165) is 25.9 Å². The zero-order chi connectivity index (χ0) is 13.2. The lowest BCUT2D eigenvalue weighted by molar-refractivity contribution is -0.153. The highest BCUT2D eigenvalue weighted by Crippen LogP contribution is 2.42. The van der Waals surface area contributed by atoms with Crippen LogP contribution in [0.2, 0.25) is 0 Å². The first kappa shape index (κ1) is 13.8. The van der Waals surface area contributed by atoms with E-state index in [1.807, 2.05) is 6.92 Å². The molecule has 0 radical (unpaired) electrons. The van der Waals surface area contributed by atoms with E-state index in [1.54, 1.807) is 0 Å². The molecule has 0 aromatic carbocycles. The lowest BCUT2D eigenvalue weighted by Crippen LogP contribution is -2.61. The van der Waals surface area contributed by atoms with Crippen molar-refractivity contribution in [3.05, 3.63) is 0 Å². The first-order valence-corrected chi connectivity index (χ1v) is 7.26. The van der Waals surface area contributed by atoms with Gasteiger partial charge in [0.1, 0.15) is 5.54 Å². The second-order valence-electron chi connectivity index (χ2n) is 5.64. The number of carbonyl (C=O) groups excluding carboxylic acids is 1. The van der Waals surface area contributed by atoms with Crippen molar-refractivity contribution in [2.75, 3.05) is 26.7 Å². The lowest BCUT2D eigenvalue weighted by atomic mass is 9.92. The van der Waals surface area contributed by atoms with Crippen molar-refractivity contribution in [2.24, 2.45) is 5.92 Å². The molecule has 2 fully saturated rings. The van der Waals surface area contributed by atoms with Crippen LogP contribution in [-0.2, 0) is 9.53 Å². The van der Waals surface area contributed by atoms with Crippen molar-refractivity contribution < 1.29 is 9.53 Å². The van der Waals surface area contributed by atoms with Gasteiger partial charge in [-0.3, -0.25) is 0 Å². The third-order valence-corrected chi connectivity index (χ3v) is 4.08. The van der Waals surface area contributed by atoms with Crippen molar-refractivity contribution in [1.82, 2.24) is 10.2 Å². The molecule has 0 amide bonds. The SMILES string of the molecule is CCNC(CN(C)C1CC1)(C(=O)OCC)C1CC1. The van der Waals surface area contributed by atoms with Gasteiger partial charge in [0.05, 0.1) is 6.61 Å². The summed E-state index contributed by atoms with van der Waals surface area (Å²) in [5, 5.41) is 3.44. The molecular formula is C14H26N2O2. The van der Waals surface area contributed by atoms with Gasteiger partial charge in [-0.1, -0.05) is 6.92 Å². The van der Waals surface area contributed by atoms with Crippen LogP contribution in [-0.4, -0.2) is 49.2 Å². The quantitative estimate of drug-likeness (QED) is 0.665. The predicted octanol–water partition coefficient (Wildman–Crippen LogP) is 1.40. The number of likely N-dealkylation sites (N-methyl/N-ethyl adjacent to an activating group) is 2. The summed E-state index contributed by atoms with van der Waals surface area (Å²) in [5.41, 5.74) is -0.470. The average Bonchev–Trinajstić information content (AvgIpc) is 3.20. The van der Waals surface area contributed by atoms with Gasteiger partial charge in [0.15, 0.2) is 0 Å². The molecule has 2 rings (SSSR count). The number of hydrogen-bond donors (Lipinski definition) is 1. The molecule has 2 aliphatic carbocycles. The molecule has 1 unspecified atom stereocenters. The van der Waals surface area contributed by atoms with Crippen molar-refractivity contribution in [1.29, 1.82) is 0 Å². The van der Waals surface area contributed by atoms with E-state index in [0.29, 0.717) is 18.6 Å². The lowest BCUT2D eigenvalue weighted by Gasteiger charge is -2.36. The molecule has 0 saturated heterocycles. The van der Waals surface area contributed by atoms with Crippen molar-refractivity contribution >= 4 is 5.97 Å². The van der Waals surface area contributed by atoms with Crippen molar-refractivity contribution in [3.63, 3.8) is 0 Å². The second-order valence-corrected chi connectivity index (χ2v) is 5.64. The Hall–Kier alpha value is -0.610. The molecule has 2 aliphatic rings. The monoisotopic (exact) mass is 254 g/mol. The maximum Gasteiger partial charge on any atom is 0.327 e. The Morgan fingerprint density at radius 2 is 2.00 bits per heavy atom. The number of nitrogens with zero attached hydrogens (tertiary/aromatic N) is 1. The summed E-state index contributed by atoms with van der Waals surface area (Å²) < 4.78 is 5.33. The van der Waals surface area contributed by atoms with Gasteiger partial charge in [0, 0.05) is 12.6 Å². The zero-order valence-corrected chi connectivity index (χ0v) is 11.9. The fourth-order valence-corrected chi connectivity index (χ4v) is 2.82. The highest BCUT2D eigenvalue weighted by atomic mass is 16.5. The number of nitrogens with one attached hydrogen (secondary N) is 1. The van der Waals surface area contributed by atoms with Crippen LogP contribution in [0.4, 0.5) is 0 Å². The van der Waals surface area contributed by atoms with Crippen LogP contribution in [0.15, 0.2) is 0 Å². The Kier molecular flexibility index (Phi) is 4.28. The minimum atomic E-state index is -0.470. The normalized spacial score (nSPS) is 22.9. The van der Waals surface area contributed by atoms with E-state index in [2.05, 4.69) is 24.2 Å². The summed E-state index contributed by atoms with van der Waals surface area (Å²) in [6, 6.07) is 0.677. The summed E-state index contributed by atoms with van der Waals surface area (Å²) >= 11 is 0. The van der Waals surface area contributed by atoms with E-state index in [9.17, 15) is 4.79 Å². The van der Waals surface area contributed by atoms with Crippen molar-refractivity contribution in [3.8, 4) is 0 Å². The van der Waals surface area contributed by atoms with E-state index < -0.39 is 5.54 Å².